The zero-order valence-electron chi connectivity index (χ0n) is 17.5. The summed E-state index contributed by atoms with van der Waals surface area (Å²) in [6, 6.07) is 10.8. The first-order valence-corrected chi connectivity index (χ1v) is 10.4. The number of piperidine rings is 1. The quantitative estimate of drug-likeness (QED) is 0.406. The number of benzene rings is 1. The Morgan fingerprint density at radius 1 is 1.25 bits per heavy atom. The number of likely N-dealkylation sites (tertiary alicyclic amines) is 1. The van der Waals surface area contributed by atoms with E-state index in [4.69, 9.17) is 4.74 Å². The van der Waals surface area contributed by atoms with Gasteiger partial charge in [-0.05, 0) is 45.2 Å². The number of hydrogen-bond donors (Lipinski definition) is 2. The van der Waals surface area contributed by atoms with E-state index in [1.165, 1.54) is 5.69 Å². The number of aliphatic imine (C=N–C) groups is 1. The van der Waals surface area contributed by atoms with Crippen LogP contribution >= 0.6 is 0 Å². The molecule has 156 valence electrons. The molecule has 0 saturated carbocycles. The Morgan fingerprint density at radius 2 is 1.96 bits per heavy atom. The van der Waals surface area contributed by atoms with Crippen molar-refractivity contribution in [1.29, 1.82) is 0 Å². The third kappa shape index (κ3) is 6.94. The van der Waals surface area contributed by atoms with Crippen molar-refractivity contribution >= 4 is 17.7 Å². The molecule has 0 aliphatic carbocycles. The largest absolute Gasteiger partial charge is 0.450 e. The Morgan fingerprint density at radius 3 is 2.57 bits per heavy atom. The molecule has 7 heteroatoms. The molecule has 2 rings (SSSR count). The van der Waals surface area contributed by atoms with Crippen LogP contribution in [0.2, 0.25) is 0 Å². The monoisotopic (exact) mass is 389 g/mol. The molecule has 0 atom stereocenters. The van der Waals surface area contributed by atoms with Crippen molar-refractivity contribution in [2.45, 2.75) is 39.2 Å². The van der Waals surface area contributed by atoms with Crippen LogP contribution in [-0.4, -0.2) is 69.4 Å². The standard InChI is InChI=1S/C21H35N5O2/c1-4-25(19-10-7-6-8-11-19)15-9-14-23-20(22-3)24-18-12-16-26(17-13-18)21(27)28-5-2/h6-8,10-11,18H,4-5,9,12-17H2,1-3H3,(H2,22,23,24). The van der Waals surface area contributed by atoms with Gasteiger partial charge in [0.15, 0.2) is 5.96 Å². The average molecular weight is 390 g/mol. The minimum atomic E-state index is -0.206. The van der Waals surface area contributed by atoms with Crippen LogP contribution in [0.25, 0.3) is 0 Å². The van der Waals surface area contributed by atoms with Crippen LogP contribution in [0.4, 0.5) is 10.5 Å². The average Bonchev–Trinajstić information content (AvgIpc) is 2.74. The molecule has 0 unspecified atom stereocenters. The molecule has 0 spiro atoms. The lowest BCUT2D eigenvalue weighted by Crippen LogP contribution is -2.50. The number of anilines is 1. The number of carbonyl (C=O) groups excluding carboxylic acids is 1. The predicted molar refractivity (Wildman–Crippen MR) is 115 cm³/mol. The van der Waals surface area contributed by atoms with Gasteiger partial charge in [0.1, 0.15) is 0 Å². The van der Waals surface area contributed by atoms with E-state index in [0.29, 0.717) is 12.6 Å². The Balaban J connectivity index is 1.67. The van der Waals surface area contributed by atoms with Gasteiger partial charge in [-0.3, -0.25) is 4.99 Å². The van der Waals surface area contributed by atoms with Crippen LogP contribution in [0.5, 0.6) is 0 Å². The minimum absolute atomic E-state index is 0.206. The lowest BCUT2D eigenvalue weighted by atomic mass is 10.1. The number of para-hydroxylation sites is 1. The highest BCUT2D eigenvalue weighted by molar-refractivity contribution is 5.80. The van der Waals surface area contributed by atoms with Gasteiger partial charge in [0.05, 0.1) is 6.61 Å². The molecule has 0 radical (unpaired) electrons. The molecule has 28 heavy (non-hydrogen) atoms. The highest BCUT2D eigenvalue weighted by Crippen LogP contribution is 2.13. The van der Waals surface area contributed by atoms with Gasteiger partial charge in [-0.25, -0.2) is 4.79 Å². The minimum Gasteiger partial charge on any atom is -0.450 e. The van der Waals surface area contributed by atoms with Crippen LogP contribution in [0.15, 0.2) is 35.3 Å². The molecule has 0 bridgehead atoms. The number of carbonyl (C=O) groups is 1. The molecule has 1 aliphatic rings. The molecular formula is C21H35N5O2. The summed E-state index contributed by atoms with van der Waals surface area (Å²) < 4.78 is 5.07. The maximum Gasteiger partial charge on any atom is 0.409 e. The molecule has 0 aromatic heterocycles. The fraction of sp³-hybridized carbons (Fsp3) is 0.619. The van der Waals surface area contributed by atoms with Crippen LogP contribution in [-0.2, 0) is 4.74 Å². The summed E-state index contributed by atoms with van der Waals surface area (Å²) in [6.07, 6.45) is 2.63. The van der Waals surface area contributed by atoms with E-state index in [2.05, 4.69) is 51.7 Å². The number of ether oxygens (including phenoxy) is 1. The van der Waals surface area contributed by atoms with E-state index in [-0.39, 0.29) is 6.09 Å². The van der Waals surface area contributed by atoms with Crippen molar-refractivity contribution in [3.63, 3.8) is 0 Å². The van der Waals surface area contributed by atoms with Gasteiger partial charge < -0.3 is 25.2 Å². The van der Waals surface area contributed by atoms with E-state index >= 15 is 0 Å². The third-order valence-electron chi connectivity index (χ3n) is 4.99. The number of guanidine groups is 1. The van der Waals surface area contributed by atoms with Crippen molar-refractivity contribution < 1.29 is 9.53 Å². The molecule has 1 saturated heterocycles. The molecule has 1 amide bonds. The van der Waals surface area contributed by atoms with Crippen LogP contribution in [0, 0.1) is 0 Å². The molecule has 1 aliphatic heterocycles. The lowest BCUT2D eigenvalue weighted by molar-refractivity contribution is 0.0963. The van der Waals surface area contributed by atoms with Gasteiger partial charge in [0, 0.05) is 51.5 Å². The van der Waals surface area contributed by atoms with Crippen LogP contribution < -0.4 is 15.5 Å². The summed E-state index contributed by atoms with van der Waals surface area (Å²) in [5.41, 5.74) is 1.26. The third-order valence-corrected chi connectivity index (χ3v) is 4.99. The highest BCUT2D eigenvalue weighted by Gasteiger charge is 2.23. The zero-order valence-corrected chi connectivity index (χ0v) is 17.5. The van der Waals surface area contributed by atoms with Gasteiger partial charge in [0.25, 0.3) is 0 Å². The topological polar surface area (TPSA) is 69.2 Å². The van der Waals surface area contributed by atoms with Crippen molar-refractivity contribution in [3.8, 4) is 0 Å². The van der Waals surface area contributed by atoms with E-state index in [0.717, 1.165) is 57.9 Å². The fourth-order valence-electron chi connectivity index (χ4n) is 3.39. The van der Waals surface area contributed by atoms with E-state index in [1.807, 2.05) is 13.0 Å². The first-order valence-electron chi connectivity index (χ1n) is 10.4. The number of hydrogen-bond acceptors (Lipinski definition) is 4. The maximum absolute atomic E-state index is 11.8. The fourth-order valence-corrected chi connectivity index (χ4v) is 3.39. The summed E-state index contributed by atoms with van der Waals surface area (Å²) in [5.74, 6) is 0.831. The first kappa shape index (κ1) is 21.9. The molecule has 7 nitrogen and oxygen atoms in total. The van der Waals surface area contributed by atoms with Crippen LogP contribution in [0.1, 0.15) is 33.1 Å². The second kappa shape index (κ2) is 12.1. The maximum atomic E-state index is 11.8. The number of amides is 1. The molecule has 1 heterocycles. The molecular weight excluding hydrogens is 354 g/mol. The molecule has 1 aromatic carbocycles. The summed E-state index contributed by atoms with van der Waals surface area (Å²) in [7, 11) is 1.80. The SMILES string of the molecule is CCOC(=O)N1CCC(NC(=NC)NCCCN(CC)c2ccccc2)CC1. The van der Waals surface area contributed by atoms with Crippen molar-refractivity contribution in [2.24, 2.45) is 4.99 Å². The number of nitrogens with one attached hydrogen (secondary N) is 2. The number of nitrogens with zero attached hydrogens (tertiary/aromatic N) is 3. The Kier molecular flexibility index (Phi) is 9.45. The van der Waals surface area contributed by atoms with E-state index in [1.54, 1.807) is 11.9 Å². The first-order chi connectivity index (χ1) is 13.7. The van der Waals surface area contributed by atoms with Gasteiger partial charge >= 0.3 is 6.09 Å². The van der Waals surface area contributed by atoms with Gasteiger partial charge in [-0.1, -0.05) is 18.2 Å². The van der Waals surface area contributed by atoms with Crippen molar-refractivity contribution in [2.75, 3.05) is 51.3 Å². The Hall–Kier alpha value is -2.44. The summed E-state index contributed by atoms with van der Waals surface area (Å²) in [4.78, 5) is 20.3. The lowest BCUT2D eigenvalue weighted by Gasteiger charge is -2.32. The molecule has 1 aromatic rings. The molecule has 1 fully saturated rings. The summed E-state index contributed by atoms with van der Waals surface area (Å²) in [6.45, 7) is 8.74. The van der Waals surface area contributed by atoms with Crippen LogP contribution in [0.3, 0.4) is 0 Å². The van der Waals surface area contributed by atoms with Gasteiger partial charge in [-0.2, -0.15) is 0 Å². The van der Waals surface area contributed by atoms with E-state index < -0.39 is 0 Å². The number of rotatable bonds is 8. The van der Waals surface area contributed by atoms with Gasteiger partial charge in [-0.15, -0.1) is 0 Å². The van der Waals surface area contributed by atoms with Crippen molar-refractivity contribution in [3.05, 3.63) is 30.3 Å². The summed E-state index contributed by atoms with van der Waals surface area (Å²) in [5, 5.41) is 6.89. The second-order valence-corrected chi connectivity index (χ2v) is 6.87. The predicted octanol–water partition coefficient (Wildman–Crippen LogP) is 2.69. The normalized spacial score (nSPS) is 15.2. The molecule has 2 N–H and O–H groups in total. The second-order valence-electron chi connectivity index (χ2n) is 6.87. The Bertz CT molecular complexity index is 600. The zero-order chi connectivity index (χ0) is 20.2. The summed E-state index contributed by atoms with van der Waals surface area (Å²) >= 11 is 0. The van der Waals surface area contributed by atoms with Gasteiger partial charge in [0.2, 0.25) is 0 Å². The van der Waals surface area contributed by atoms with Crippen molar-refractivity contribution in [1.82, 2.24) is 15.5 Å². The highest BCUT2D eigenvalue weighted by atomic mass is 16.6. The van der Waals surface area contributed by atoms with E-state index in [9.17, 15) is 4.79 Å². The smallest absolute Gasteiger partial charge is 0.409 e. The Labute approximate surface area is 169 Å².